The highest BCUT2D eigenvalue weighted by atomic mass is 16.2. The second-order valence-electron chi connectivity index (χ2n) is 7.86. The van der Waals surface area contributed by atoms with Crippen LogP contribution in [0.25, 0.3) is 11.0 Å². The summed E-state index contributed by atoms with van der Waals surface area (Å²) in [5.41, 5.74) is 1.86. The molecule has 1 spiro atoms. The Morgan fingerprint density at radius 2 is 1.86 bits per heavy atom. The van der Waals surface area contributed by atoms with Gasteiger partial charge in [-0.2, -0.15) is 5.10 Å². The normalized spacial score (nSPS) is 18.4. The molecule has 29 heavy (non-hydrogen) atoms. The Labute approximate surface area is 166 Å². The molecule has 4 rings (SSSR count). The molecule has 0 atom stereocenters. The van der Waals surface area contributed by atoms with Gasteiger partial charge in [0.1, 0.15) is 11.2 Å². The second-order valence-corrected chi connectivity index (χ2v) is 7.86. The lowest BCUT2D eigenvalue weighted by Crippen LogP contribution is -2.55. The van der Waals surface area contributed by atoms with Crippen LogP contribution in [0.4, 0.5) is 4.79 Å². The minimum atomic E-state index is -0.898. The van der Waals surface area contributed by atoms with Crippen molar-refractivity contribution in [3.63, 3.8) is 0 Å². The molecule has 154 valence electrons. The number of fused-ring (bicyclic) bond motifs is 1. The van der Waals surface area contributed by atoms with E-state index in [1.807, 2.05) is 13.8 Å². The quantitative estimate of drug-likeness (QED) is 0.625. The van der Waals surface area contributed by atoms with Gasteiger partial charge in [0.25, 0.3) is 11.5 Å². The number of pyridine rings is 1. The Hall–Kier alpha value is -3.17. The highest BCUT2D eigenvalue weighted by Gasteiger charge is 2.48. The Morgan fingerprint density at radius 1 is 1.17 bits per heavy atom. The second kappa shape index (κ2) is 6.71. The summed E-state index contributed by atoms with van der Waals surface area (Å²) in [5.74, 6) is -0.386. The van der Waals surface area contributed by atoms with E-state index in [1.54, 1.807) is 16.6 Å². The van der Waals surface area contributed by atoms with Crippen molar-refractivity contribution in [3.05, 3.63) is 27.2 Å². The molecule has 4 heterocycles. The van der Waals surface area contributed by atoms with Crippen molar-refractivity contribution in [2.24, 2.45) is 7.05 Å². The van der Waals surface area contributed by atoms with Crippen LogP contribution in [-0.2, 0) is 23.1 Å². The fourth-order valence-corrected chi connectivity index (χ4v) is 4.46. The summed E-state index contributed by atoms with van der Waals surface area (Å²) < 4.78 is 1.65. The zero-order valence-corrected chi connectivity index (χ0v) is 16.7. The van der Waals surface area contributed by atoms with Gasteiger partial charge in [0.05, 0.1) is 5.69 Å². The average molecular weight is 400 g/mol. The number of rotatable bonds is 3. The fraction of sp³-hybridized carbons (Fsp3) is 0.526. The molecule has 4 amide bonds. The van der Waals surface area contributed by atoms with E-state index in [9.17, 15) is 19.2 Å². The van der Waals surface area contributed by atoms with Crippen molar-refractivity contribution in [1.82, 2.24) is 30.3 Å². The van der Waals surface area contributed by atoms with Gasteiger partial charge < -0.3 is 15.2 Å². The van der Waals surface area contributed by atoms with Crippen molar-refractivity contribution in [2.45, 2.75) is 45.1 Å². The predicted molar refractivity (Wildman–Crippen MR) is 104 cm³/mol. The van der Waals surface area contributed by atoms with Crippen LogP contribution in [0.3, 0.4) is 0 Å². The number of hydrogen-bond acceptors (Lipinski definition) is 5. The van der Waals surface area contributed by atoms with Gasteiger partial charge in [-0.15, -0.1) is 0 Å². The van der Waals surface area contributed by atoms with E-state index in [4.69, 9.17) is 0 Å². The van der Waals surface area contributed by atoms with Crippen LogP contribution in [0.2, 0.25) is 0 Å². The summed E-state index contributed by atoms with van der Waals surface area (Å²) in [7, 11) is 1.78. The lowest BCUT2D eigenvalue weighted by atomic mass is 9.87. The monoisotopic (exact) mass is 400 g/mol. The number of H-pyrrole nitrogens is 1. The van der Waals surface area contributed by atoms with Gasteiger partial charge in [-0.3, -0.25) is 24.4 Å². The number of imide groups is 1. The van der Waals surface area contributed by atoms with E-state index in [0.717, 1.165) is 16.6 Å². The first-order valence-corrected chi connectivity index (χ1v) is 9.68. The maximum atomic E-state index is 12.7. The predicted octanol–water partition coefficient (Wildman–Crippen LogP) is 0.0116. The van der Waals surface area contributed by atoms with Gasteiger partial charge in [0, 0.05) is 37.5 Å². The number of aromatic amines is 1. The molecule has 0 radical (unpaired) electrons. The lowest BCUT2D eigenvalue weighted by molar-refractivity contribution is -0.135. The minimum Gasteiger partial charge on any atom is -0.342 e. The van der Waals surface area contributed by atoms with Crippen LogP contribution in [-0.4, -0.2) is 56.1 Å². The summed E-state index contributed by atoms with van der Waals surface area (Å²) in [6.45, 7) is 4.56. The molecule has 0 aliphatic carbocycles. The van der Waals surface area contributed by atoms with Crippen LogP contribution >= 0.6 is 0 Å². The first-order chi connectivity index (χ1) is 13.7. The molecule has 10 heteroatoms. The van der Waals surface area contributed by atoms with Crippen molar-refractivity contribution in [2.75, 3.05) is 13.1 Å². The van der Waals surface area contributed by atoms with Gasteiger partial charge in [-0.25, -0.2) is 4.79 Å². The van der Waals surface area contributed by atoms with Crippen molar-refractivity contribution < 1.29 is 14.4 Å². The van der Waals surface area contributed by atoms with Crippen LogP contribution in [0.1, 0.15) is 36.1 Å². The van der Waals surface area contributed by atoms with E-state index < -0.39 is 11.6 Å². The van der Waals surface area contributed by atoms with Crippen molar-refractivity contribution in [3.8, 4) is 0 Å². The molecule has 2 aromatic heterocycles. The van der Waals surface area contributed by atoms with Gasteiger partial charge in [-0.05, 0) is 38.7 Å². The molecule has 2 aliphatic heterocycles. The van der Waals surface area contributed by atoms with E-state index >= 15 is 0 Å². The smallest absolute Gasteiger partial charge is 0.322 e. The molecular formula is C19H24N6O4. The molecule has 0 saturated carbocycles. The third kappa shape index (κ3) is 3.08. The first kappa shape index (κ1) is 19.2. The molecule has 3 N–H and O–H groups in total. The Balaban J connectivity index is 1.44. The molecule has 0 bridgehead atoms. The molecule has 10 nitrogen and oxygen atoms in total. The maximum Gasteiger partial charge on any atom is 0.322 e. The fourth-order valence-electron chi connectivity index (χ4n) is 4.46. The number of piperidine rings is 1. The van der Waals surface area contributed by atoms with Crippen molar-refractivity contribution >= 4 is 28.9 Å². The van der Waals surface area contributed by atoms with Gasteiger partial charge in [0.2, 0.25) is 5.91 Å². The van der Waals surface area contributed by atoms with E-state index in [0.29, 0.717) is 43.6 Å². The van der Waals surface area contributed by atoms with Gasteiger partial charge in [0.15, 0.2) is 0 Å². The van der Waals surface area contributed by atoms with E-state index in [-0.39, 0.29) is 23.8 Å². The number of urea groups is 1. The third-order valence-corrected chi connectivity index (χ3v) is 6.13. The number of carbonyl (C=O) groups excluding carboxylic acids is 3. The molecule has 2 saturated heterocycles. The zero-order chi connectivity index (χ0) is 20.9. The number of likely N-dealkylation sites (tertiary alicyclic amines) is 1. The van der Waals surface area contributed by atoms with Crippen LogP contribution in [0.5, 0.6) is 0 Å². The Kier molecular flexibility index (Phi) is 4.44. The number of nitrogens with zero attached hydrogens (tertiary/aromatic N) is 3. The molecule has 2 aromatic rings. The van der Waals surface area contributed by atoms with E-state index in [2.05, 4.69) is 20.7 Å². The van der Waals surface area contributed by atoms with Crippen LogP contribution < -0.4 is 16.2 Å². The lowest BCUT2D eigenvalue weighted by Gasteiger charge is -2.37. The number of nitrogens with one attached hydrogen (secondary N) is 3. The molecule has 0 aromatic carbocycles. The Morgan fingerprint density at radius 3 is 2.48 bits per heavy atom. The number of hydrogen-bond donors (Lipinski definition) is 3. The largest absolute Gasteiger partial charge is 0.342 e. The number of aryl methyl sites for hydroxylation is 3. The van der Waals surface area contributed by atoms with Crippen LogP contribution in [0, 0.1) is 13.8 Å². The topological polar surface area (TPSA) is 129 Å². The SMILES string of the molecule is Cc1nn(C)c2[nH]c(=O)c(CCC(=O)N3CCC4(CC3)NC(=O)NC4=O)c(C)c12. The summed E-state index contributed by atoms with van der Waals surface area (Å²) >= 11 is 0. The molecular weight excluding hydrogens is 376 g/mol. The summed E-state index contributed by atoms with van der Waals surface area (Å²) in [5, 5.41) is 10.2. The molecule has 2 aliphatic rings. The standard InChI is InChI=1S/C19H24N6O4/c1-10-12(16(27)20-15-14(10)11(2)23-24(15)3)4-5-13(26)25-8-6-19(7-9-25)17(28)21-18(29)22-19/h4-9H2,1-3H3,(H,20,27)(H2,21,22,28,29). The number of aromatic nitrogens is 3. The third-order valence-electron chi connectivity index (χ3n) is 6.13. The van der Waals surface area contributed by atoms with Gasteiger partial charge >= 0.3 is 6.03 Å². The number of amides is 4. The van der Waals surface area contributed by atoms with E-state index in [1.165, 1.54) is 0 Å². The molecule has 0 unspecified atom stereocenters. The summed E-state index contributed by atoms with van der Waals surface area (Å²) in [4.78, 5) is 53.2. The zero-order valence-electron chi connectivity index (χ0n) is 16.7. The first-order valence-electron chi connectivity index (χ1n) is 9.68. The van der Waals surface area contributed by atoms with Gasteiger partial charge in [-0.1, -0.05) is 0 Å². The molecule has 2 fully saturated rings. The number of carbonyl (C=O) groups is 3. The highest BCUT2D eigenvalue weighted by Crippen LogP contribution is 2.26. The minimum absolute atomic E-state index is 0.0635. The Bertz CT molecular complexity index is 1090. The van der Waals surface area contributed by atoms with Crippen molar-refractivity contribution in [1.29, 1.82) is 0 Å². The maximum absolute atomic E-state index is 12.7. The van der Waals surface area contributed by atoms with Crippen LogP contribution in [0.15, 0.2) is 4.79 Å². The summed E-state index contributed by atoms with van der Waals surface area (Å²) in [6.07, 6.45) is 1.32. The average Bonchev–Trinajstić information content (AvgIpc) is 3.09. The summed E-state index contributed by atoms with van der Waals surface area (Å²) in [6, 6.07) is -0.481. The highest BCUT2D eigenvalue weighted by molar-refractivity contribution is 6.07.